The molecule has 0 fully saturated rings. The van der Waals surface area contributed by atoms with Crippen molar-refractivity contribution in [2.24, 2.45) is 0 Å². The fourth-order valence-corrected chi connectivity index (χ4v) is 1.99. The molecule has 0 aromatic heterocycles. The topological polar surface area (TPSA) is 20.2 Å². The highest BCUT2D eigenvalue weighted by atomic mass is 32.2. The highest BCUT2D eigenvalue weighted by Crippen LogP contribution is 2.25. The van der Waals surface area contributed by atoms with Crippen LogP contribution < -0.4 is 0 Å². The third-order valence-electron chi connectivity index (χ3n) is 1.87. The van der Waals surface area contributed by atoms with Gasteiger partial charge in [0.15, 0.2) is 0 Å². The first-order chi connectivity index (χ1) is 6.72. The highest BCUT2D eigenvalue weighted by molar-refractivity contribution is 8.03. The van der Waals surface area contributed by atoms with Gasteiger partial charge in [-0.25, -0.2) is 0 Å². The summed E-state index contributed by atoms with van der Waals surface area (Å²) in [6.07, 6.45) is 2.36. The fraction of sp³-hybridized carbons (Fsp3) is 0.333. The van der Waals surface area contributed by atoms with Crippen molar-refractivity contribution in [1.82, 2.24) is 0 Å². The minimum absolute atomic E-state index is 0.314. The molecule has 1 rings (SSSR count). The summed E-state index contributed by atoms with van der Waals surface area (Å²) in [4.78, 5) is 2.36. The van der Waals surface area contributed by atoms with Gasteiger partial charge in [0, 0.05) is 4.90 Å². The number of aliphatic hydroxyl groups is 1. The number of hydrogen-bond donors (Lipinski definition) is 1. The van der Waals surface area contributed by atoms with Gasteiger partial charge >= 0.3 is 0 Å². The molecule has 1 nitrogen and oxygen atoms in total. The molecule has 0 amide bonds. The van der Waals surface area contributed by atoms with Crippen LogP contribution in [0.5, 0.6) is 0 Å². The largest absolute Gasteiger partial charge is 0.389 e. The van der Waals surface area contributed by atoms with Crippen molar-refractivity contribution in [1.29, 1.82) is 0 Å². The Hall–Kier alpha value is -0.730. The molecule has 1 aromatic rings. The lowest BCUT2D eigenvalue weighted by molar-refractivity contribution is 0.219. The van der Waals surface area contributed by atoms with Gasteiger partial charge in [0.2, 0.25) is 0 Å². The number of rotatable bonds is 4. The van der Waals surface area contributed by atoms with Crippen molar-refractivity contribution in [2.45, 2.75) is 31.3 Å². The second kappa shape index (κ2) is 5.89. The van der Waals surface area contributed by atoms with E-state index in [1.54, 1.807) is 11.8 Å². The Morgan fingerprint density at radius 3 is 2.64 bits per heavy atom. The second-order valence-corrected chi connectivity index (χ2v) is 4.49. The molecule has 0 aliphatic carbocycles. The van der Waals surface area contributed by atoms with Crippen LogP contribution >= 0.6 is 11.8 Å². The number of aliphatic hydroxyl groups excluding tert-OH is 1. The molecule has 76 valence electrons. The Balaban J connectivity index is 2.57. The summed E-state index contributed by atoms with van der Waals surface area (Å²) in [5.41, 5.74) is 0. The average Bonchev–Trinajstić information content (AvgIpc) is 2.19. The molecular formula is C12H16OS. The van der Waals surface area contributed by atoms with Crippen molar-refractivity contribution < 1.29 is 5.11 Å². The van der Waals surface area contributed by atoms with Gasteiger partial charge in [-0.1, -0.05) is 36.9 Å². The molecule has 0 bridgehead atoms. The van der Waals surface area contributed by atoms with Crippen LogP contribution in [0, 0.1) is 0 Å². The van der Waals surface area contributed by atoms with Crippen LogP contribution in [0.4, 0.5) is 0 Å². The van der Waals surface area contributed by atoms with Gasteiger partial charge in [0.1, 0.15) is 0 Å². The molecule has 0 heterocycles. The lowest BCUT2D eigenvalue weighted by atomic mass is 10.2. The van der Waals surface area contributed by atoms with Crippen molar-refractivity contribution >= 4 is 11.8 Å². The maximum atomic E-state index is 9.42. The van der Waals surface area contributed by atoms with Crippen LogP contribution in [0.15, 0.2) is 46.2 Å². The molecule has 2 heteroatoms. The average molecular weight is 208 g/mol. The second-order valence-electron chi connectivity index (χ2n) is 3.17. The van der Waals surface area contributed by atoms with E-state index in [1.807, 2.05) is 38.1 Å². The summed E-state index contributed by atoms with van der Waals surface area (Å²) in [6.45, 7) is 4.00. The first kappa shape index (κ1) is 11.3. The SMILES string of the molecule is CCC(O)C=C(C)Sc1ccccc1. The first-order valence-corrected chi connectivity index (χ1v) is 5.63. The Morgan fingerprint density at radius 2 is 2.07 bits per heavy atom. The van der Waals surface area contributed by atoms with Gasteiger partial charge < -0.3 is 5.11 Å². The normalized spacial score (nSPS) is 14.1. The van der Waals surface area contributed by atoms with Gasteiger partial charge in [-0.15, -0.1) is 0 Å². The summed E-state index contributed by atoms with van der Waals surface area (Å²) in [6, 6.07) is 10.2. The van der Waals surface area contributed by atoms with Crippen LogP contribution in [-0.2, 0) is 0 Å². The van der Waals surface area contributed by atoms with Crippen LogP contribution in [-0.4, -0.2) is 11.2 Å². The molecule has 0 aliphatic heterocycles. The quantitative estimate of drug-likeness (QED) is 0.765. The third-order valence-corrected chi connectivity index (χ3v) is 2.83. The molecule has 1 unspecified atom stereocenters. The lowest BCUT2D eigenvalue weighted by Gasteiger charge is -2.04. The fourth-order valence-electron chi connectivity index (χ4n) is 1.10. The minimum atomic E-state index is -0.314. The van der Waals surface area contributed by atoms with Gasteiger partial charge in [0.05, 0.1) is 6.10 Å². The van der Waals surface area contributed by atoms with E-state index < -0.39 is 0 Å². The maximum Gasteiger partial charge on any atom is 0.0728 e. The maximum absolute atomic E-state index is 9.42. The predicted molar refractivity (Wildman–Crippen MR) is 62.4 cm³/mol. The van der Waals surface area contributed by atoms with Gasteiger partial charge in [-0.3, -0.25) is 0 Å². The van der Waals surface area contributed by atoms with Crippen LogP contribution in [0.1, 0.15) is 20.3 Å². The lowest BCUT2D eigenvalue weighted by Crippen LogP contribution is -1.98. The molecular weight excluding hydrogens is 192 g/mol. The Bertz CT molecular complexity index is 292. The Kier molecular flexibility index (Phi) is 4.77. The van der Waals surface area contributed by atoms with Gasteiger partial charge in [-0.05, 0) is 36.5 Å². The monoisotopic (exact) mass is 208 g/mol. The third kappa shape index (κ3) is 3.99. The van der Waals surface area contributed by atoms with Crippen molar-refractivity contribution in [3.05, 3.63) is 41.3 Å². The van der Waals surface area contributed by atoms with E-state index in [9.17, 15) is 5.11 Å². The van der Waals surface area contributed by atoms with Crippen LogP contribution in [0.3, 0.4) is 0 Å². The smallest absolute Gasteiger partial charge is 0.0728 e. The molecule has 0 radical (unpaired) electrons. The summed E-state index contributed by atoms with van der Waals surface area (Å²) < 4.78 is 0. The Morgan fingerprint density at radius 1 is 1.43 bits per heavy atom. The molecule has 1 aromatic carbocycles. The van der Waals surface area contributed by atoms with E-state index in [2.05, 4.69) is 12.1 Å². The van der Waals surface area contributed by atoms with E-state index in [-0.39, 0.29) is 6.10 Å². The number of hydrogen-bond acceptors (Lipinski definition) is 2. The zero-order valence-corrected chi connectivity index (χ0v) is 9.42. The zero-order chi connectivity index (χ0) is 10.4. The zero-order valence-electron chi connectivity index (χ0n) is 8.60. The molecule has 1 atom stereocenters. The summed E-state index contributed by atoms with van der Waals surface area (Å²) in [5.74, 6) is 0. The minimum Gasteiger partial charge on any atom is -0.389 e. The van der Waals surface area contributed by atoms with Crippen LogP contribution in [0.25, 0.3) is 0 Å². The molecule has 0 saturated heterocycles. The van der Waals surface area contributed by atoms with Gasteiger partial charge in [0.25, 0.3) is 0 Å². The number of allylic oxidation sites excluding steroid dienone is 1. The van der Waals surface area contributed by atoms with Crippen molar-refractivity contribution in [2.75, 3.05) is 0 Å². The standard InChI is InChI=1S/C12H16OS/c1-3-11(13)9-10(2)14-12-7-5-4-6-8-12/h4-9,11,13H,3H2,1-2H3. The van der Waals surface area contributed by atoms with Gasteiger partial charge in [-0.2, -0.15) is 0 Å². The molecule has 0 aliphatic rings. The summed E-state index contributed by atoms with van der Waals surface area (Å²) in [7, 11) is 0. The molecule has 1 N–H and O–H groups in total. The van der Waals surface area contributed by atoms with E-state index >= 15 is 0 Å². The van der Waals surface area contributed by atoms with Crippen molar-refractivity contribution in [3.63, 3.8) is 0 Å². The molecule has 14 heavy (non-hydrogen) atoms. The van der Waals surface area contributed by atoms with E-state index in [0.717, 1.165) is 11.3 Å². The summed E-state index contributed by atoms with van der Waals surface area (Å²) >= 11 is 1.69. The van der Waals surface area contributed by atoms with Crippen molar-refractivity contribution in [3.8, 4) is 0 Å². The molecule has 0 saturated carbocycles. The first-order valence-electron chi connectivity index (χ1n) is 4.81. The molecule has 0 spiro atoms. The number of thioether (sulfide) groups is 1. The predicted octanol–water partition coefficient (Wildman–Crippen LogP) is 3.45. The Labute approximate surface area is 89.8 Å². The highest BCUT2D eigenvalue weighted by Gasteiger charge is 1.98. The van der Waals surface area contributed by atoms with E-state index in [4.69, 9.17) is 0 Å². The van der Waals surface area contributed by atoms with Crippen LogP contribution in [0.2, 0.25) is 0 Å². The van der Waals surface area contributed by atoms with E-state index in [0.29, 0.717) is 0 Å². The van der Waals surface area contributed by atoms with E-state index in [1.165, 1.54) is 4.90 Å². The summed E-state index contributed by atoms with van der Waals surface area (Å²) in [5, 5.41) is 9.42. The number of benzene rings is 1.